The summed E-state index contributed by atoms with van der Waals surface area (Å²) in [4.78, 5) is 0. The molecule has 0 atom stereocenters. The van der Waals surface area contributed by atoms with Crippen LogP contribution in [-0.4, -0.2) is 0 Å². The maximum absolute atomic E-state index is 9.58. The molecule has 0 heterocycles. The Balaban J connectivity index is -0.0000000450. The Kier molecular flexibility index (Phi) is 24.3. The van der Waals surface area contributed by atoms with E-state index in [0.717, 1.165) is 0 Å². The number of rotatable bonds is 0. The maximum Gasteiger partial charge on any atom is 2.00 e. The van der Waals surface area contributed by atoms with Crippen molar-refractivity contribution >= 4 is 0 Å². The molecule has 0 aromatic heterocycles. The average molecular weight is 149 g/mol. The van der Waals surface area contributed by atoms with E-state index < -0.39 is 6.68 Å². The molecule has 0 aromatic rings. The maximum atomic E-state index is 9.58. The van der Waals surface area contributed by atoms with E-state index in [1.165, 1.54) is 0 Å². The van der Waals surface area contributed by atoms with E-state index in [2.05, 4.69) is 0 Å². The van der Waals surface area contributed by atoms with Gasteiger partial charge in [0.05, 0.1) is 0 Å². The van der Waals surface area contributed by atoms with Gasteiger partial charge in [-0.2, -0.15) is 0 Å². The van der Waals surface area contributed by atoms with Gasteiger partial charge in [0, 0.05) is 0 Å². The monoisotopic (exact) mass is 148 g/mol. The van der Waals surface area contributed by atoms with Gasteiger partial charge in [-0.1, -0.05) is 0 Å². The van der Waals surface area contributed by atoms with Crippen LogP contribution in [0, 0.1) is 14.1 Å². The third-order valence-corrected chi connectivity index (χ3v) is 0. The van der Waals surface area contributed by atoms with Crippen LogP contribution in [0.3, 0.4) is 0 Å². The average Bonchev–Trinajstić information content (AvgIpc) is 0.811. The number of hydrogen-bond donors (Lipinski definition) is 0. The van der Waals surface area contributed by atoms with E-state index in [-0.39, 0.29) is 26.9 Å². The standard InChI is InChI=1S/CF3.CH3.Zn/c2-1(3)4;;/h;1H3;/q2*-1;+2. The normalized spacial score (nSPS) is 6.00. The molecule has 0 saturated carbocycles. The van der Waals surface area contributed by atoms with Crippen LogP contribution in [0.1, 0.15) is 0 Å². The summed E-state index contributed by atoms with van der Waals surface area (Å²) >= 11 is 0. The predicted octanol–water partition coefficient (Wildman–Crippen LogP) is 1.79. The third-order valence-electron chi connectivity index (χ3n) is 0. The van der Waals surface area contributed by atoms with Crippen molar-refractivity contribution in [3.8, 4) is 0 Å². The van der Waals surface area contributed by atoms with Gasteiger partial charge in [-0.3, -0.25) is 0 Å². The zero-order chi connectivity index (χ0) is 3.58. The summed E-state index contributed by atoms with van der Waals surface area (Å²) in [6, 6.07) is 0. The molecule has 0 aromatic carbocycles. The van der Waals surface area contributed by atoms with Crippen molar-refractivity contribution in [3.63, 3.8) is 0 Å². The Morgan fingerprint density at radius 2 is 1.00 bits per heavy atom. The number of hydrogen-bond acceptors (Lipinski definition) is 0. The Hall–Kier alpha value is 0.413. The van der Waals surface area contributed by atoms with Crippen LogP contribution >= 0.6 is 0 Å². The molecule has 0 aliphatic rings. The van der Waals surface area contributed by atoms with Crippen LogP contribution in [0.4, 0.5) is 13.2 Å². The molecule has 0 saturated heterocycles. The fourth-order valence-corrected chi connectivity index (χ4v) is 0. The molecular formula is C2H3F3Zn. The third kappa shape index (κ3) is 301. The Morgan fingerprint density at radius 1 is 1.00 bits per heavy atom. The van der Waals surface area contributed by atoms with Gasteiger partial charge in [-0.25, -0.2) is 0 Å². The van der Waals surface area contributed by atoms with Crippen molar-refractivity contribution in [2.75, 3.05) is 0 Å². The fourth-order valence-electron chi connectivity index (χ4n) is 0. The van der Waals surface area contributed by atoms with Gasteiger partial charge < -0.3 is 20.6 Å². The van der Waals surface area contributed by atoms with Crippen molar-refractivity contribution in [1.82, 2.24) is 0 Å². The van der Waals surface area contributed by atoms with Gasteiger partial charge in [-0.05, 0) is 0 Å². The fraction of sp³-hybridized carbons (Fsp3) is 0. The van der Waals surface area contributed by atoms with E-state index in [1.54, 1.807) is 0 Å². The van der Waals surface area contributed by atoms with Gasteiger partial charge >= 0.3 is 19.5 Å². The van der Waals surface area contributed by atoms with Crippen LogP contribution in [0.15, 0.2) is 0 Å². The summed E-state index contributed by atoms with van der Waals surface area (Å²) in [5.41, 5.74) is 0. The Labute approximate surface area is 47.5 Å². The first-order valence-corrected chi connectivity index (χ1v) is 0.567. The van der Waals surface area contributed by atoms with Crippen LogP contribution < -0.4 is 0 Å². The second kappa shape index (κ2) is 9.05. The van der Waals surface area contributed by atoms with Gasteiger partial charge in [0.15, 0.2) is 6.68 Å². The van der Waals surface area contributed by atoms with Gasteiger partial charge in [0.1, 0.15) is 0 Å². The van der Waals surface area contributed by atoms with Crippen molar-refractivity contribution in [2.45, 2.75) is 0 Å². The van der Waals surface area contributed by atoms with Crippen molar-refractivity contribution in [1.29, 1.82) is 0 Å². The van der Waals surface area contributed by atoms with E-state index in [9.17, 15) is 13.2 Å². The van der Waals surface area contributed by atoms with E-state index in [4.69, 9.17) is 0 Å². The molecule has 0 rings (SSSR count). The molecule has 0 unspecified atom stereocenters. The number of halogens is 3. The molecule has 0 aliphatic carbocycles. The molecule has 0 aliphatic heterocycles. The molecule has 0 amide bonds. The Bertz CT molecular complexity index is 13.5. The predicted molar refractivity (Wildman–Crippen MR) is 13.0 cm³/mol. The van der Waals surface area contributed by atoms with Gasteiger partial charge in [0.2, 0.25) is 0 Å². The van der Waals surface area contributed by atoms with Crippen molar-refractivity contribution in [2.24, 2.45) is 0 Å². The minimum Gasteiger partial charge on any atom is -0.385 e. The van der Waals surface area contributed by atoms with Crippen LogP contribution in [-0.2, 0) is 19.5 Å². The zero-order valence-electron chi connectivity index (χ0n) is 3.34. The van der Waals surface area contributed by atoms with Gasteiger partial charge in [-0.15, -0.1) is 0 Å². The van der Waals surface area contributed by atoms with E-state index in [0.29, 0.717) is 0 Å². The van der Waals surface area contributed by atoms with E-state index in [1.807, 2.05) is 0 Å². The van der Waals surface area contributed by atoms with Crippen molar-refractivity contribution in [3.05, 3.63) is 14.1 Å². The largest absolute Gasteiger partial charge is 2.00 e. The molecule has 0 nitrogen and oxygen atoms in total. The van der Waals surface area contributed by atoms with Gasteiger partial charge in [0.25, 0.3) is 0 Å². The molecule has 6 heavy (non-hydrogen) atoms. The van der Waals surface area contributed by atoms with Crippen LogP contribution in [0.5, 0.6) is 0 Å². The molecule has 34 valence electrons. The quantitative estimate of drug-likeness (QED) is 0.364. The van der Waals surface area contributed by atoms with E-state index >= 15 is 0 Å². The first kappa shape index (κ1) is 16.1. The molecule has 0 N–H and O–H groups in total. The SMILES string of the molecule is F[C-](F)F.[CH3-].[Zn+2]. The van der Waals surface area contributed by atoms with Crippen molar-refractivity contribution < 1.29 is 32.6 Å². The summed E-state index contributed by atoms with van der Waals surface area (Å²) in [6.07, 6.45) is 0. The summed E-state index contributed by atoms with van der Waals surface area (Å²) in [7, 11) is 0. The van der Waals surface area contributed by atoms with Crippen LogP contribution in [0.2, 0.25) is 0 Å². The smallest absolute Gasteiger partial charge is 0.385 e. The first-order valence-electron chi connectivity index (χ1n) is 0.567. The topological polar surface area (TPSA) is 0 Å². The summed E-state index contributed by atoms with van der Waals surface area (Å²) < 4.78 is 28.8. The summed E-state index contributed by atoms with van der Waals surface area (Å²) in [5, 5.41) is 0. The minimum absolute atomic E-state index is 0. The first-order chi connectivity index (χ1) is 1.73. The summed E-state index contributed by atoms with van der Waals surface area (Å²) in [6.45, 7) is -3.08. The summed E-state index contributed by atoms with van der Waals surface area (Å²) in [5.74, 6) is 0. The molecule has 0 fully saturated rings. The van der Waals surface area contributed by atoms with Crippen LogP contribution in [0.25, 0.3) is 0 Å². The molecular weight excluding hydrogens is 146 g/mol. The Morgan fingerprint density at radius 3 is 1.00 bits per heavy atom. The minimum atomic E-state index is -3.08. The second-order valence-electron chi connectivity index (χ2n) is 0.214. The molecule has 0 spiro atoms. The molecule has 0 bridgehead atoms. The zero-order valence-corrected chi connectivity index (χ0v) is 6.31. The molecule has 0 radical (unpaired) electrons. The second-order valence-corrected chi connectivity index (χ2v) is 0.214. The molecule has 4 heteroatoms.